The molecule has 0 spiro atoms. The first-order valence-electron chi connectivity index (χ1n) is 5.81. The number of nitrogens with zero attached hydrogens (tertiary/aromatic N) is 1. The highest BCUT2D eigenvalue weighted by Gasteiger charge is 2.26. The SMILES string of the molecule is CNc1cccc2c1N(C(=O)[O-])c1ccccc1S2.Cl. The van der Waals surface area contributed by atoms with E-state index in [9.17, 15) is 9.90 Å². The molecule has 3 rings (SSSR count). The highest BCUT2D eigenvalue weighted by molar-refractivity contribution is 7.99. The number of benzene rings is 2. The van der Waals surface area contributed by atoms with Gasteiger partial charge in [-0.1, -0.05) is 30.0 Å². The Morgan fingerprint density at radius 3 is 2.55 bits per heavy atom. The Balaban J connectivity index is 0.00000147. The summed E-state index contributed by atoms with van der Waals surface area (Å²) in [7, 11) is 1.77. The maximum atomic E-state index is 11.5. The van der Waals surface area contributed by atoms with Crippen LogP contribution in [0.5, 0.6) is 0 Å². The van der Waals surface area contributed by atoms with E-state index in [4.69, 9.17) is 0 Å². The maximum Gasteiger partial charge on any atom is 0.146 e. The van der Waals surface area contributed by atoms with E-state index < -0.39 is 6.09 Å². The Kier molecular flexibility index (Phi) is 4.11. The molecule has 0 saturated heterocycles. The molecule has 0 bridgehead atoms. The molecule has 0 unspecified atom stereocenters. The molecule has 0 radical (unpaired) electrons. The standard InChI is InChI=1S/C14H12N2O2S.ClH/c1-15-9-5-4-8-12-13(9)16(14(17)18)10-6-2-3-7-11(10)19-12;/h2-8,15H,1H3,(H,17,18);1H/p-1. The third-order valence-electron chi connectivity index (χ3n) is 3.00. The van der Waals surface area contributed by atoms with Gasteiger partial charge in [-0.2, -0.15) is 0 Å². The van der Waals surface area contributed by atoms with Crippen LogP contribution in [0.1, 0.15) is 0 Å². The van der Waals surface area contributed by atoms with E-state index in [0.717, 1.165) is 15.5 Å². The number of carboxylic acid groups (broad SMARTS) is 1. The number of amides is 1. The Bertz CT molecular complexity index is 663. The maximum absolute atomic E-state index is 11.5. The summed E-state index contributed by atoms with van der Waals surface area (Å²) in [5.41, 5.74) is 2.04. The van der Waals surface area contributed by atoms with Crippen molar-refractivity contribution in [3.63, 3.8) is 0 Å². The number of halogens is 1. The molecular weight excluding hydrogens is 296 g/mol. The van der Waals surface area contributed by atoms with Crippen LogP contribution < -0.4 is 15.3 Å². The van der Waals surface area contributed by atoms with Crippen molar-refractivity contribution in [1.82, 2.24) is 0 Å². The molecule has 0 atom stereocenters. The molecule has 1 N–H and O–H groups in total. The fourth-order valence-electron chi connectivity index (χ4n) is 2.19. The lowest BCUT2D eigenvalue weighted by molar-refractivity contribution is -0.245. The van der Waals surface area contributed by atoms with Crippen molar-refractivity contribution in [3.05, 3.63) is 42.5 Å². The Morgan fingerprint density at radius 2 is 1.85 bits per heavy atom. The number of para-hydroxylation sites is 2. The average molecular weight is 308 g/mol. The predicted molar refractivity (Wildman–Crippen MR) is 81.3 cm³/mol. The molecule has 0 saturated carbocycles. The van der Waals surface area contributed by atoms with Crippen LogP contribution in [0.3, 0.4) is 0 Å². The molecule has 1 aliphatic heterocycles. The number of carbonyl (C=O) groups excluding carboxylic acids is 1. The largest absolute Gasteiger partial charge is 0.529 e. The first kappa shape index (κ1) is 14.6. The van der Waals surface area contributed by atoms with Gasteiger partial charge in [0.2, 0.25) is 0 Å². The van der Waals surface area contributed by atoms with Crippen LogP contribution in [0.15, 0.2) is 52.3 Å². The van der Waals surface area contributed by atoms with Gasteiger partial charge in [0.1, 0.15) is 6.09 Å². The smallest absolute Gasteiger partial charge is 0.146 e. The van der Waals surface area contributed by atoms with E-state index in [-0.39, 0.29) is 12.4 Å². The van der Waals surface area contributed by atoms with Crippen molar-refractivity contribution in [2.75, 3.05) is 17.3 Å². The Hall–Kier alpha value is -1.85. The predicted octanol–water partition coefficient (Wildman–Crippen LogP) is 3.10. The number of rotatable bonds is 1. The lowest BCUT2D eigenvalue weighted by atomic mass is 10.2. The summed E-state index contributed by atoms with van der Waals surface area (Å²) in [5.74, 6) is 0. The van der Waals surface area contributed by atoms with E-state index in [1.807, 2.05) is 36.4 Å². The molecule has 1 heterocycles. The quantitative estimate of drug-likeness (QED) is 0.879. The molecule has 0 aromatic heterocycles. The number of carbonyl (C=O) groups is 1. The lowest BCUT2D eigenvalue weighted by Gasteiger charge is -2.34. The number of fused-ring (bicyclic) bond motifs is 2. The molecule has 1 aliphatic rings. The Labute approximate surface area is 127 Å². The summed E-state index contributed by atoms with van der Waals surface area (Å²) < 4.78 is 0. The van der Waals surface area contributed by atoms with Crippen LogP contribution in [0, 0.1) is 0 Å². The molecule has 2 aromatic carbocycles. The van der Waals surface area contributed by atoms with Gasteiger partial charge < -0.3 is 15.2 Å². The van der Waals surface area contributed by atoms with Gasteiger partial charge in [-0.3, -0.25) is 4.90 Å². The zero-order chi connectivity index (χ0) is 13.4. The van der Waals surface area contributed by atoms with Crippen molar-refractivity contribution in [2.45, 2.75) is 9.79 Å². The minimum atomic E-state index is -1.23. The zero-order valence-electron chi connectivity index (χ0n) is 10.6. The van der Waals surface area contributed by atoms with Crippen molar-refractivity contribution in [3.8, 4) is 0 Å². The number of hydrogen-bond donors (Lipinski definition) is 1. The Morgan fingerprint density at radius 1 is 1.15 bits per heavy atom. The van der Waals surface area contributed by atoms with Crippen LogP contribution in [0.4, 0.5) is 21.9 Å². The fourth-order valence-corrected chi connectivity index (χ4v) is 3.29. The van der Waals surface area contributed by atoms with Gasteiger partial charge in [-0.15, -0.1) is 12.4 Å². The first-order valence-corrected chi connectivity index (χ1v) is 6.63. The molecule has 6 heteroatoms. The second kappa shape index (κ2) is 5.64. The second-order valence-corrected chi connectivity index (χ2v) is 5.16. The van der Waals surface area contributed by atoms with E-state index in [0.29, 0.717) is 11.4 Å². The van der Waals surface area contributed by atoms with Crippen LogP contribution in [0.25, 0.3) is 0 Å². The van der Waals surface area contributed by atoms with Crippen LogP contribution >= 0.6 is 24.2 Å². The van der Waals surface area contributed by atoms with Gasteiger partial charge in [-0.25, -0.2) is 0 Å². The summed E-state index contributed by atoms with van der Waals surface area (Å²) >= 11 is 1.56. The summed E-state index contributed by atoms with van der Waals surface area (Å²) in [5, 5.41) is 14.6. The monoisotopic (exact) mass is 307 g/mol. The molecule has 4 nitrogen and oxygen atoms in total. The lowest BCUT2D eigenvalue weighted by Crippen LogP contribution is -2.39. The van der Waals surface area contributed by atoms with Gasteiger partial charge in [-0.05, 0) is 24.3 Å². The average Bonchev–Trinajstić information content (AvgIpc) is 2.43. The molecule has 1 amide bonds. The second-order valence-electron chi connectivity index (χ2n) is 4.07. The highest BCUT2D eigenvalue weighted by Crippen LogP contribution is 2.50. The summed E-state index contributed by atoms with van der Waals surface area (Å²) in [6.07, 6.45) is -1.23. The molecule has 0 aliphatic carbocycles. The molecule has 104 valence electrons. The van der Waals surface area contributed by atoms with Crippen LogP contribution in [-0.2, 0) is 0 Å². The van der Waals surface area contributed by atoms with Crippen LogP contribution in [-0.4, -0.2) is 13.1 Å². The van der Waals surface area contributed by atoms with Gasteiger partial charge in [0.15, 0.2) is 0 Å². The van der Waals surface area contributed by atoms with Crippen molar-refractivity contribution >= 4 is 47.3 Å². The van der Waals surface area contributed by atoms with Crippen molar-refractivity contribution < 1.29 is 9.90 Å². The third-order valence-corrected chi connectivity index (χ3v) is 4.12. The molecular formula is C14H12ClN2O2S-. The van der Waals surface area contributed by atoms with Crippen molar-refractivity contribution in [2.24, 2.45) is 0 Å². The van der Waals surface area contributed by atoms with E-state index >= 15 is 0 Å². The first-order chi connectivity index (χ1) is 9.22. The van der Waals surface area contributed by atoms with Gasteiger partial charge in [0, 0.05) is 16.8 Å². The summed E-state index contributed by atoms with van der Waals surface area (Å²) in [6, 6.07) is 13.1. The number of anilines is 3. The number of nitrogens with one attached hydrogen (secondary N) is 1. The topological polar surface area (TPSA) is 55.4 Å². The minimum absolute atomic E-state index is 0. The van der Waals surface area contributed by atoms with Gasteiger partial charge in [0.25, 0.3) is 0 Å². The van der Waals surface area contributed by atoms with Gasteiger partial charge in [0.05, 0.1) is 17.1 Å². The normalized spacial score (nSPS) is 11.9. The highest BCUT2D eigenvalue weighted by atomic mass is 35.5. The third kappa shape index (κ3) is 2.19. The summed E-state index contributed by atoms with van der Waals surface area (Å²) in [6.45, 7) is 0. The molecule has 2 aromatic rings. The van der Waals surface area contributed by atoms with E-state index in [2.05, 4.69) is 5.32 Å². The summed E-state index contributed by atoms with van der Waals surface area (Å²) in [4.78, 5) is 14.6. The van der Waals surface area contributed by atoms with Crippen molar-refractivity contribution in [1.29, 1.82) is 0 Å². The van der Waals surface area contributed by atoms with Crippen LogP contribution in [0.2, 0.25) is 0 Å². The van der Waals surface area contributed by atoms with Gasteiger partial charge >= 0.3 is 0 Å². The molecule has 0 fully saturated rings. The fraction of sp³-hybridized carbons (Fsp3) is 0.0714. The minimum Gasteiger partial charge on any atom is -0.529 e. The molecule has 20 heavy (non-hydrogen) atoms. The van der Waals surface area contributed by atoms with E-state index in [1.54, 1.807) is 24.9 Å². The number of hydrogen-bond acceptors (Lipinski definition) is 4. The zero-order valence-corrected chi connectivity index (χ0v) is 12.3. The van der Waals surface area contributed by atoms with E-state index in [1.165, 1.54) is 4.90 Å².